The lowest BCUT2D eigenvalue weighted by Crippen LogP contribution is -2.03. The minimum absolute atomic E-state index is 0.328. The zero-order valence-corrected chi connectivity index (χ0v) is 9.36. The van der Waals surface area contributed by atoms with Crippen molar-refractivity contribution in [3.05, 3.63) is 41.0 Å². The summed E-state index contributed by atoms with van der Waals surface area (Å²) < 4.78 is 4.69. The average molecular weight is 215 g/mol. The Morgan fingerprint density at radius 2 is 2.31 bits per heavy atom. The highest BCUT2D eigenvalue weighted by atomic mass is 16.5. The van der Waals surface area contributed by atoms with Gasteiger partial charge in [0.15, 0.2) is 0 Å². The molecule has 0 heterocycles. The van der Waals surface area contributed by atoms with Gasteiger partial charge in [-0.3, -0.25) is 0 Å². The molecule has 0 bridgehead atoms. The third kappa shape index (κ3) is 2.96. The van der Waals surface area contributed by atoms with Crippen molar-refractivity contribution >= 4 is 12.0 Å². The normalized spacial score (nSPS) is 10.1. The van der Waals surface area contributed by atoms with E-state index >= 15 is 0 Å². The first-order valence-electron chi connectivity index (χ1n) is 4.91. The molecule has 0 spiro atoms. The smallest absolute Gasteiger partial charge is 0.338 e. The van der Waals surface area contributed by atoms with Crippen molar-refractivity contribution in [3.8, 4) is 6.07 Å². The molecule has 0 amide bonds. The van der Waals surface area contributed by atoms with Gasteiger partial charge in [0.2, 0.25) is 0 Å². The Bertz CT molecular complexity index is 455. The number of benzene rings is 1. The van der Waals surface area contributed by atoms with Crippen LogP contribution in [-0.2, 0) is 4.74 Å². The van der Waals surface area contributed by atoms with Crippen LogP contribution in [0.2, 0.25) is 0 Å². The predicted octanol–water partition coefficient (Wildman–Crippen LogP) is 2.71. The lowest BCUT2D eigenvalue weighted by molar-refractivity contribution is 0.0600. The van der Waals surface area contributed by atoms with E-state index in [0.29, 0.717) is 12.0 Å². The lowest BCUT2D eigenvalue weighted by Gasteiger charge is -2.04. The van der Waals surface area contributed by atoms with Gasteiger partial charge in [-0.1, -0.05) is 29.8 Å². The van der Waals surface area contributed by atoms with E-state index in [1.54, 1.807) is 18.2 Å². The highest BCUT2D eigenvalue weighted by molar-refractivity contribution is 5.93. The summed E-state index contributed by atoms with van der Waals surface area (Å²) in [6.07, 6.45) is 3.82. The summed E-state index contributed by atoms with van der Waals surface area (Å²) in [6.45, 7) is 1.95. The van der Waals surface area contributed by atoms with Crippen LogP contribution in [-0.4, -0.2) is 13.1 Å². The summed E-state index contributed by atoms with van der Waals surface area (Å²) in [4.78, 5) is 11.5. The Labute approximate surface area is 95.0 Å². The largest absolute Gasteiger partial charge is 0.465 e. The molecule has 3 nitrogen and oxygen atoms in total. The van der Waals surface area contributed by atoms with Gasteiger partial charge in [0.1, 0.15) is 0 Å². The van der Waals surface area contributed by atoms with Crippen LogP contribution in [0.5, 0.6) is 0 Å². The number of rotatable bonds is 3. The number of hydrogen-bond acceptors (Lipinski definition) is 3. The topological polar surface area (TPSA) is 50.1 Å². The Morgan fingerprint density at radius 3 is 2.94 bits per heavy atom. The standard InChI is InChI=1S/C13H13NO2/c1-10-6-7-12(13(15)16-2)11(9-10)5-3-4-8-14/h3,5-7,9H,4H2,1-2H3. The van der Waals surface area contributed by atoms with Crippen molar-refractivity contribution in [2.45, 2.75) is 13.3 Å². The molecule has 0 radical (unpaired) electrons. The van der Waals surface area contributed by atoms with Gasteiger partial charge >= 0.3 is 5.97 Å². The van der Waals surface area contributed by atoms with Gasteiger partial charge in [0.25, 0.3) is 0 Å². The summed E-state index contributed by atoms with van der Waals surface area (Å²) in [5, 5.41) is 8.43. The van der Waals surface area contributed by atoms with Gasteiger partial charge in [0, 0.05) is 0 Å². The molecule has 0 aromatic heterocycles. The molecular formula is C13H13NO2. The molecule has 82 valence electrons. The number of allylic oxidation sites excluding steroid dienone is 1. The highest BCUT2D eigenvalue weighted by Crippen LogP contribution is 2.15. The molecule has 0 aliphatic heterocycles. The first-order chi connectivity index (χ1) is 7.69. The zero-order valence-electron chi connectivity index (χ0n) is 9.36. The minimum atomic E-state index is -0.364. The van der Waals surface area contributed by atoms with Crippen molar-refractivity contribution in [1.82, 2.24) is 0 Å². The molecule has 0 aliphatic carbocycles. The molecule has 0 saturated heterocycles. The molecule has 1 aromatic rings. The quantitative estimate of drug-likeness (QED) is 0.728. The van der Waals surface area contributed by atoms with Crippen LogP contribution in [0.15, 0.2) is 24.3 Å². The molecule has 0 saturated carbocycles. The maximum Gasteiger partial charge on any atom is 0.338 e. The van der Waals surface area contributed by atoms with Crippen molar-refractivity contribution in [3.63, 3.8) is 0 Å². The predicted molar refractivity (Wildman–Crippen MR) is 61.8 cm³/mol. The lowest BCUT2D eigenvalue weighted by atomic mass is 10.0. The fraction of sp³-hybridized carbons (Fsp3) is 0.231. The fourth-order valence-electron chi connectivity index (χ4n) is 1.35. The summed E-state index contributed by atoms with van der Waals surface area (Å²) in [7, 11) is 1.35. The monoisotopic (exact) mass is 215 g/mol. The van der Waals surface area contributed by atoms with E-state index < -0.39 is 0 Å². The van der Waals surface area contributed by atoms with E-state index in [9.17, 15) is 4.79 Å². The Balaban J connectivity index is 3.09. The van der Waals surface area contributed by atoms with Crippen LogP contribution in [0.3, 0.4) is 0 Å². The van der Waals surface area contributed by atoms with Crippen molar-refractivity contribution in [1.29, 1.82) is 5.26 Å². The second kappa shape index (κ2) is 5.72. The second-order valence-electron chi connectivity index (χ2n) is 3.35. The van der Waals surface area contributed by atoms with Crippen LogP contribution < -0.4 is 0 Å². The van der Waals surface area contributed by atoms with Gasteiger partial charge < -0.3 is 4.74 Å². The molecule has 0 aliphatic rings. The van der Waals surface area contributed by atoms with E-state index in [4.69, 9.17) is 5.26 Å². The van der Waals surface area contributed by atoms with Gasteiger partial charge in [-0.05, 0) is 18.6 Å². The third-order valence-electron chi connectivity index (χ3n) is 2.12. The average Bonchev–Trinajstić information content (AvgIpc) is 2.29. The number of aryl methyl sites for hydroxylation is 1. The third-order valence-corrected chi connectivity index (χ3v) is 2.12. The zero-order chi connectivity index (χ0) is 12.0. The molecule has 0 atom stereocenters. The number of hydrogen-bond donors (Lipinski definition) is 0. The molecule has 1 rings (SSSR count). The fourth-order valence-corrected chi connectivity index (χ4v) is 1.35. The van der Waals surface area contributed by atoms with Crippen LogP contribution >= 0.6 is 0 Å². The SMILES string of the molecule is COC(=O)c1ccc(C)cc1C=CCC#N. The second-order valence-corrected chi connectivity index (χ2v) is 3.35. The molecule has 0 fully saturated rings. The number of nitrogens with zero attached hydrogens (tertiary/aromatic N) is 1. The van der Waals surface area contributed by atoms with Crippen LogP contribution in [0.1, 0.15) is 27.9 Å². The molecule has 1 aromatic carbocycles. The first-order valence-corrected chi connectivity index (χ1v) is 4.91. The van der Waals surface area contributed by atoms with E-state index in [1.807, 2.05) is 25.1 Å². The van der Waals surface area contributed by atoms with E-state index in [2.05, 4.69) is 4.74 Å². The van der Waals surface area contributed by atoms with Gasteiger partial charge in [-0.2, -0.15) is 5.26 Å². The van der Waals surface area contributed by atoms with Crippen LogP contribution in [0.4, 0.5) is 0 Å². The summed E-state index contributed by atoms with van der Waals surface area (Å²) in [6, 6.07) is 7.49. The molecule has 3 heteroatoms. The number of methoxy groups -OCH3 is 1. The van der Waals surface area contributed by atoms with E-state index in [1.165, 1.54) is 7.11 Å². The maximum absolute atomic E-state index is 11.5. The Kier molecular flexibility index (Phi) is 4.28. The van der Waals surface area contributed by atoms with Gasteiger partial charge in [0.05, 0.1) is 25.2 Å². The summed E-state index contributed by atoms with van der Waals surface area (Å²) >= 11 is 0. The Hall–Kier alpha value is -2.08. The number of carbonyl (C=O) groups is 1. The first kappa shape index (κ1) is 12.0. The molecule has 0 unspecified atom stereocenters. The van der Waals surface area contributed by atoms with Crippen molar-refractivity contribution in [2.24, 2.45) is 0 Å². The highest BCUT2D eigenvalue weighted by Gasteiger charge is 2.09. The van der Waals surface area contributed by atoms with Crippen molar-refractivity contribution in [2.75, 3.05) is 7.11 Å². The maximum atomic E-state index is 11.5. The molecular weight excluding hydrogens is 202 g/mol. The van der Waals surface area contributed by atoms with Gasteiger partial charge in [-0.15, -0.1) is 0 Å². The molecule has 16 heavy (non-hydrogen) atoms. The summed E-state index contributed by atoms with van der Waals surface area (Å²) in [5.74, 6) is -0.364. The number of ether oxygens (including phenoxy) is 1. The number of nitriles is 1. The summed E-state index contributed by atoms with van der Waals surface area (Å²) in [5.41, 5.74) is 2.36. The number of carbonyl (C=O) groups excluding carboxylic acids is 1. The van der Waals surface area contributed by atoms with E-state index in [0.717, 1.165) is 11.1 Å². The molecule has 0 N–H and O–H groups in total. The van der Waals surface area contributed by atoms with Crippen molar-refractivity contribution < 1.29 is 9.53 Å². The number of esters is 1. The Morgan fingerprint density at radius 1 is 1.56 bits per heavy atom. The minimum Gasteiger partial charge on any atom is -0.465 e. The van der Waals surface area contributed by atoms with Crippen LogP contribution in [0.25, 0.3) is 6.08 Å². The van der Waals surface area contributed by atoms with E-state index in [-0.39, 0.29) is 5.97 Å². The van der Waals surface area contributed by atoms with Crippen LogP contribution in [0, 0.1) is 18.3 Å². The van der Waals surface area contributed by atoms with Gasteiger partial charge in [-0.25, -0.2) is 4.79 Å².